The zero-order valence-electron chi connectivity index (χ0n) is 19.9. The van der Waals surface area contributed by atoms with Crippen LogP contribution in [0.5, 0.6) is 5.75 Å². The zero-order valence-corrected chi connectivity index (χ0v) is 19.9. The molecule has 2 heterocycles. The van der Waals surface area contributed by atoms with Crippen molar-refractivity contribution in [3.63, 3.8) is 0 Å². The van der Waals surface area contributed by atoms with Gasteiger partial charge in [0.15, 0.2) is 6.61 Å². The highest BCUT2D eigenvalue weighted by Crippen LogP contribution is 2.22. The summed E-state index contributed by atoms with van der Waals surface area (Å²) in [6.45, 7) is 4.50. The van der Waals surface area contributed by atoms with Crippen molar-refractivity contribution in [2.75, 3.05) is 36.5 Å². The molecule has 2 aromatic carbocycles. The van der Waals surface area contributed by atoms with Crippen LogP contribution in [0, 0.1) is 0 Å². The average Bonchev–Trinajstić information content (AvgIpc) is 3.37. The Hall–Kier alpha value is -3.78. The van der Waals surface area contributed by atoms with Crippen LogP contribution in [-0.2, 0) is 16.1 Å². The van der Waals surface area contributed by atoms with Gasteiger partial charge in [0.2, 0.25) is 5.76 Å². The first-order chi connectivity index (χ1) is 17.1. The van der Waals surface area contributed by atoms with Crippen LogP contribution in [0.1, 0.15) is 36.1 Å². The number of hydrogen-bond donors (Lipinski definition) is 2. The number of benzene rings is 2. The summed E-state index contributed by atoms with van der Waals surface area (Å²) in [5, 5.41) is 6.38. The predicted octanol–water partition coefficient (Wildman–Crippen LogP) is 4.23. The number of nitrogens with zero attached hydrogens (tertiary/aromatic N) is 1. The van der Waals surface area contributed by atoms with Gasteiger partial charge in [-0.1, -0.05) is 18.2 Å². The molecule has 4 rings (SSSR count). The standard InChI is InChI=1S/C27H31N3O5/c1-2-33-27(32)25-13-12-24(35-25)18-28-20-14-16-30(17-15-20)22-10-8-21(9-11-22)29-26(31)19-34-23-6-4-3-5-7-23/h3-13,20,28H,2,14-19H2,1H3,(H,29,31). The molecule has 184 valence electrons. The molecule has 1 aliphatic rings. The second-order valence-corrected chi connectivity index (χ2v) is 8.33. The summed E-state index contributed by atoms with van der Waals surface area (Å²) in [6, 6.07) is 21.0. The van der Waals surface area contributed by atoms with Gasteiger partial charge >= 0.3 is 5.97 Å². The Morgan fingerprint density at radius 1 is 1.00 bits per heavy atom. The third-order valence-corrected chi connectivity index (χ3v) is 5.83. The van der Waals surface area contributed by atoms with Crippen LogP contribution in [0.15, 0.2) is 71.1 Å². The lowest BCUT2D eigenvalue weighted by Crippen LogP contribution is -2.42. The van der Waals surface area contributed by atoms with E-state index >= 15 is 0 Å². The van der Waals surface area contributed by atoms with Crippen molar-refractivity contribution in [1.29, 1.82) is 0 Å². The second-order valence-electron chi connectivity index (χ2n) is 8.33. The van der Waals surface area contributed by atoms with Crippen LogP contribution in [-0.4, -0.2) is 44.2 Å². The Morgan fingerprint density at radius 3 is 2.46 bits per heavy atom. The number of furan rings is 1. The van der Waals surface area contributed by atoms with E-state index in [-0.39, 0.29) is 18.3 Å². The normalized spacial score (nSPS) is 13.9. The Bertz CT molecular complexity index is 1090. The highest BCUT2D eigenvalue weighted by molar-refractivity contribution is 5.92. The first-order valence-electron chi connectivity index (χ1n) is 11.9. The van der Waals surface area contributed by atoms with Crippen LogP contribution < -0.4 is 20.3 Å². The van der Waals surface area contributed by atoms with Crippen molar-refractivity contribution < 1.29 is 23.5 Å². The van der Waals surface area contributed by atoms with Crippen LogP contribution in [0.4, 0.5) is 11.4 Å². The molecule has 35 heavy (non-hydrogen) atoms. The lowest BCUT2D eigenvalue weighted by molar-refractivity contribution is -0.118. The summed E-state index contributed by atoms with van der Waals surface area (Å²) in [5.74, 6) is 1.00. The summed E-state index contributed by atoms with van der Waals surface area (Å²) in [6.07, 6.45) is 2.00. The first kappa shape index (κ1) is 24.3. The Kier molecular flexibility index (Phi) is 8.40. The van der Waals surface area contributed by atoms with Gasteiger partial charge in [-0.15, -0.1) is 0 Å². The smallest absolute Gasteiger partial charge is 0.374 e. The summed E-state index contributed by atoms with van der Waals surface area (Å²) >= 11 is 0. The highest BCUT2D eigenvalue weighted by atomic mass is 16.5. The van der Waals surface area contributed by atoms with E-state index < -0.39 is 5.97 Å². The van der Waals surface area contributed by atoms with Crippen molar-refractivity contribution in [2.45, 2.75) is 32.4 Å². The van der Waals surface area contributed by atoms with Gasteiger partial charge in [-0.25, -0.2) is 4.79 Å². The number of carbonyl (C=O) groups excluding carboxylic acids is 2. The number of piperidine rings is 1. The molecule has 1 saturated heterocycles. The minimum absolute atomic E-state index is 0.0333. The van der Waals surface area contributed by atoms with Crippen molar-refractivity contribution >= 4 is 23.3 Å². The number of anilines is 2. The van der Waals surface area contributed by atoms with Crippen LogP contribution >= 0.6 is 0 Å². The minimum atomic E-state index is -0.432. The van der Waals surface area contributed by atoms with Gasteiger partial charge in [-0.05, 0) is 68.3 Å². The molecule has 0 bridgehead atoms. The molecule has 0 aliphatic carbocycles. The number of carbonyl (C=O) groups is 2. The minimum Gasteiger partial charge on any atom is -0.484 e. The number of esters is 1. The van der Waals surface area contributed by atoms with E-state index in [4.69, 9.17) is 13.9 Å². The third-order valence-electron chi connectivity index (χ3n) is 5.83. The third kappa shape index (κ3) is 7.10. The second kappa shape index (κ2) is 12.1. The molecule has 1 amide bonds. The molecule has 8 heteroatoms. The first-order valence-corrected chi connectivity index (χ1v) is 11.9. The van der Waals surface area contributed by atoms with Gasteiger partial charge in [0.1, 0.15) is 11.5 Å². The number of hydrogen-bond acceptors (Lipinski definition) is 7. The van der Waals surface area contributed by atoms with E-state index in [1.54, 1.807) is 13.0 Å². The lowest BCUT2D eigenvalue weighted by Gasteiger charge is -2.34. The Balaban J connectivity index is 1.18. The fourth-order valence-electron chi connectivity index (χ4n) is 3.99. The fourth-order valence-corrected chi connectivity index (χ4v) is 3.99. The monoisotopic (exact) mass is 477 g/mol. The van der Waals surface area contributed by atoms with Crippen molar-refractivity contribution in [2.24, 2.45) is 0 Å². The van der Waals surface area contributed by atoms with Crippen molar-refractivity contribution in [1.82, 2.24) is 5.32 Å². The van der Waals surface area contributed by atoms with Gasteiger partial charge in [0, 0.05) is 30.5 Å². The van der Waals surface area contributed by atoms with Gasteiger partial charge in [0.25, 0.3) is 5.91 Å². The molecule has 1 fully saturated rings. The van der Waals surface area contributed by atoms with E-state index in [0.717, 1.165) is 43.1 Å². The predicted molar refractivity (Wildman–Crippen MR) is 134 cm³/mol. The van der Waals surface area contributed by atoms with Gasteiger partial charge < -0.3 is 29.4 Å². The van der Waals surface area contributed by atoms with E-state index in [0.29, 0.717) is 24.9 Å². The molecule has 2 N–H and O–H groups in total. The molecule has 3 aromatic rings. The molecular weight excluding hydrogens is 446 g/mol. The summed E-state index contributed by atoms with van der Waals surface area (Å²) in [4.78, 5) is 26.2. The topological polar surface area (TPSA) is 93.0 Å². The molecule has 8 nitrogen and oxygen atoms in total. The maximum atomic E-state index is 12.2. The number of amides is 1. The largest absolute Gasteiger partial charge is 0.484 e. The van der Waals surface area contributed by atoms with E-state index in [1.807, 2.05) is 60.7 Å². The maximum absolute atomic E-state index is 12.2. The van der Waals surface area contributed by atoms with Gasteiger partial charge in [0.05, 0.1) is 13.2 Å². The number of nitrogens with one attached hydrogen (secondary N) is 2. The Morgan fingerprint density at radius 2 is 1.74 bits per heavy atom. The summed E-state index contributed by atoms with van der Waals surface area (Å²) < 4.78 is 16.0. The average molecular weight is 478 g/mol. The summed E-state index contributed by atoms with van der Waals surface area (Å²) in [5.41, 5.74) is 1.87. The molecule has 0 spiro atoms. The molecule has 0 atom stereocenters. The summed E-state index contributed by atoms with van der Waals surface area (Å²) in [7, 11) is 0. The Labute approximate surface area is 205 Å². The van der Waals surface area contributed by atoms with E-state index in [1.165, 1.54) is 0 Å². The number of ether oxygens (including phenoxy) is 2. The van der Waals surface area contributed by atoms with Gasteiger partial charge in [-0.2, -0.15) is 0 Å². The fraction of sp³-hybridized carbons (Fsp3) is 0.333. The zero-order chi connectivity index (χ0) is 24.5. The molecule has 0 radical (unpaired) electrons. The van der Waals surface area contributed by atoms with E-state index in [9.17, 15) is 9.59 Å². The van der Waals surface area contributed by atoms with Crippen LogP contribution in [0.25, 0.3) is 0 Å². The van der Waals surface area contributed by atoms with Gasteiger partial charge in [-0.3, -0.25) is 4.79 Å². The molecular formula is C27H31N3O5. The van der Waals surface area contributed by atoms with Crippen LogP contribution in [0.3, 0.4) is 0 Å². The molecule has 1 aromatic heterocycles. The SMILES string of the molecule is CCOC(=O)c1ccc(CNC2CCN(c3ccc(NC(=O)COc4ccccc4)cc3)CC2)o1. The quantitative estimate of drug-likeness (QED) is 0.422. The molecule has 0 saturated carbocycles. The van der Waals surface area contributed by atoms with Crippen LogP contribution in [0.2, 0.25) is 0 Å². The molecule has 0 unspecified atom stereocenters. The number of rotatable bonds is 10. The number of para-hydroxylation sites is 1. The molecule has 1 aliphatic heterocycles. The van der Waals surface area contributed by atoms with Crippen molar-refractivity contribution in [3.8, 4) is 5.75 Å². The lowest BCUT2D eigenvalue weighted by atomic mass is 10.0. The van der Waals surface area contributed by atoms with E-state index in [2.05, 4.69) is 15.5 Å². The maximum Gasteiger partial charge on any atom is 0.374 e. The van der Waals surface area contributed by atoms with Crippen molar-refractivity contribution in [3.05, 3.63) is 78.3 Å². The highest BCUT2D eigenvalue weighted by Gasteiger charge is 2.20.